The zero-order chi connectivity index (χ0) is 6.85. The van der Waals surface area contributed by atoms with Crippen molar-refractivity contribution in [3.05, 3.63) is 8.92 Å². The maximum absolute atomic E-state index is 5.51. The Bertz CT molecular complexity index is 197. The highest BCUT2D eigenvalue weighted by Gasteiger charge is 2.04. The summed E-state index contributed by atoms with van der Waals surface area (Å²) in [6.45, 7) is 1.88. The smallest absolute Gasteiger partial charge is 0.183 e. The molecule has 1 aromatic rings. The van der Waals surface area contributed by atoms with Gasteiger partial charge in [-0.1, -0.05) is 11.3 Å². The number of hydrogen-bond acceptors (Lipinski definition) is 4. The van der Waals surface area contributed by atoms with Gasteiger partial charge in [0.25, 0.3) is 0 Å². The van der Waals surface area contributed by atoms with Crippen molar-refractivity contribution in [2.24, 2.45) is 5.73 Å². The molecule has 0 aliphatic carbocycles. The first-order valence-corrected chi connectivity index (χ1v) is 4.05. The maximum Gasteiger partial charge on any atom is 0.183 e. The van der Waals surface area contributed by atoms with Gasteiger partial charge in [0.05, 0.1) is 6.04 Å². The molecule has 0 aliphatic rings. The van der Waals surface area contributed by atoms with Crippen LogP contribution >= 0.6 is 27.3 Å². The molecule has 0 spiro atoms. The van der Waals surface area contributed by atoms with Gasteiger partial charge in [-0.25, -0.2) is 0 Å². The van der Waals surface area contributed by atoms with E-state index in [1.807, 2.05) is 6.92 Å². The Balaban J connectivity index is 2.85. The maximum atomic E-state index is 5.51. The van der Waals surface area contributed by atoms with Crippen molar-refractivity contribution in [2.45, 2.75) is 13.0 Å². The van der Waals surface area contributed by atoms with Crippen LogP contribution in [0.1, 0.15) is 18.0 Å². The van der Waals surface area contributed by atoms with E-state index in [-0.39, 0.29) is 6.04 Å². The zero-order valence-electron chi connectivity index (χ0n) is 4.84. The van der Waals surface area contributed by atoms with Crippen LogP contribution < -0.4 is 5.73 Å². The van der Waals surface area contributed by atoms with Gasteiger partial charge in [-0.15, -0.1) is 10.2 Å². The molecule has 1 heterocycles. The summed E-state index contributed by atoms with van der Waals surface area (Å²) < 4.78 is 0.787. The average molecular weight is 208 g/mol. The second-order valence-corrected chi connectivity index (χ2v) is 3.97. The summed E-state index contributed by atoms with van der Waals surface area (Å²) in [7, 11) is 0. The van der Waals surface area contributed by atoms with Crippen molar-refractivity contribution in [3.63, 3.8) is 0 Å². The number of halogens is 1. The molecule has 1 aromatic heterocycles. The molecule has 5 heteroatoms. The molecule has 3 nitrogen and oxygen atoms in total. The Kier molecular flexibility index (Phi) is 2.15. The Labute approximate surface area is 65.4 Å². The van der Waals surface area contributed by atoms with Crippen molar-refractivity contribution >= 4 is 27.3 Å². The van der Waals surface area contributed by atoms with Crippen LogP contribution in [0.25, 0.3) is 0 Å². The Morgan fingerprint density at radius 2 is 2.33 bits per heavy atom. The number of hydrogen-bond donors (Lipinski definition) is 1. The lowest BCUT2D eigenvalue weighted by atomic mass is 10.4. The minimum absolute atomic E-state index is 0.00574. The van der Waals surface area contributed by atoms with E-state index >= 15 is 0 Å². The summed E-state index contributed by atoms with van der Waals surface area (Å²) >= 11 is 4.66. The highest BCUT2D eigenvalue weighted by Crippen LogP contribution is 2.19. The molecule has 50 valence electrons. The normalized spacial score (nSPS) is 13.7. The van der Waals surface area contributed by atoms with Crippen LogP contribution in [0.5, 0.6) is 0 Å². The predicted molar refractivity (Wildman–Crippen MR) is 40.2 cm³/mol. The summed E-state index contributed by atoms with van der Waals surface area (Å²) in [6, 6.07) is -0.00574. The first-order chi connectivity index (χ1) is 4.20. The molecule has 0 aliphatic heterocycles. The van der Waals surface area contributed by atoms with Crippen LogP contribution in [-0.2, 0) is 0 Å². The van der Waals surface area contributed by atoms with Gasteiger partial charge in [-0.2, -0.15) is 0 Å². The number of rotatable bonds is 1. The van der Waals surface area contributed by atoms with E-state index < -0.39 is 0 Å². The number of aromatic nitrogens is 2. The van der Waals surface area contributed by atoms with E-state index in [9.17, 15) is 0 Å². The fraction of sp³-hybridized carbons (Fsp3) is 0.500. The van der Waals surface area contributed by atoms with Crippen molar-refractivity contribution in [2.75, 3.05) is 0 Å². The predicted octanol–water partition coefficient (Wildman–Crippen LogP) is 1.32. The van der Waals surface area contributed by atoms with Crippen LogP contribution in [0, 0.1) is 0 Å². The van der Waals surface area contributed by atoms with Gasteiger partial charge in [0.15, 0.2) is 3.92 Å². The van der Waals surface area contributed by atoms with Crippen LogP contribution in [0.15, 0.2) is 3.92 Å². The quantitative estimate of drug-likeness (QED) is 0.757. The van der Waals surface area contributed by atoms with E-state index in [0.717, 1.165) is 8.92 Å². The van der Waals surface area contributed by atoms with Gasteiger partial charge in [0.2, 0.25) is 0 Å². The van der Waals surface area contributed by atoms with Gasteiger partial charge >= 0.3 is 0 Å². The molecule has 1 rings (SSSR count). The first-order valence-electron chi connectivity index (χ1n) is 2.44. The van der Waals surface area contributed by atoms with Crippen molar-refractivity contribution in [3.8, 4) is 0 Å². The van der Waals surface area contributed by atoms with Gasteiger partial charge in [-0.05, 0) is 22.9 Å². The molecule has 1 atom stereocenters. The molecule has 0 amide bonds. The van der Waals surface area contributed by atoms with Crippen LogP contribution in [0.4, 0.5) is 0 Å². The number of nitrogens with two attached hydrogens (primary N) is 1. The Morgan fingerprint density at radius 1 is 1.67 bits per heavy atom. The lowest BCUT2D eigenvalue weighted by Crippen LogP contribution is -2.03. The SMILES string of the molecule is CC(N)c1nnc(Br)s1. The van der Waals surface area contributed by atoms with Crippen molar-refractivity contribution < 1.29 is 0 Å². The highest BCUT2D eigenvalue weighted by atomic mass is 79.9. The third kappa shape index (κ3) is 1.70. The third-order valence-corrected chi connectivity index (χ3v) is 2.36. The van der Waals surface area contributed by atoms with E-state index in [1.54, 1.807) is 0 Å². The second kappa shape index (κ2) is 2.72. The molecule has 0 saturated heterocycles. The molecule has 0 saturated carbocycles. The molecule has 0 radical (unpaired) electrons. The third-order valence-electron chi connectivity index (χ3n) is 0.805. The summed E-state index contributed by atoms with van der Waals surface area (Å²) in [4.78, 5) is 0. The summed E-state index contributed by atoms with van der Waals surface area (Å²) in [5.74, 6) is 0. The average Bonchev–Trinajstić information content (AvgIpc) is 2.14. The topological polar surface area (TPSA) is 51.8 Å². The van der Waals surface area contributed by atoms with Gasteiger partial charge in [0.1, 0.15) is 5.01 Å². The fourth-order valence-corrected chi connectivity index (χ4v) is 1.50. The van der Waals surface area contributed by atoms with Crippen LogP contribution in [-0.4, -0.2) is 10.2 Å². The van der Waals surface area contributed by atoms with Crippen LogP contribution in [0.2, 0.25) is 0 Å². The largest absolute Gasteiger partial charge is 0.322 e. The molecule has 0 fully saturated rings. The van der Waals surface area contributed by atoms with Crippen LogP contribution in [0.3, 0.4) is 0 Å². The van der Waals surface area contributed by atoms with Gasteiger partial charge < -0.3 is 5.73 Å². The minimum Gasteiger partial charge on any atom is -0.322 e. The monoisotopic (exact) mass is 207 g/mol. The standard InChI is InChI=1S/C4H6BrN3S/c1-2(6)3-7-8-4(5)9-3/h2H,6H2,1H3. The molecular formula is C4H6BrN3S. The van der Waals surface area contributed by atoms with Crippen molar-refractivity contribution in [1.29, 1.82) is 0 Å². The Morgan fingerprint density at radius 3 is 2.56 bits per heavy atom. The fourth-order valence-electron chi connectivity index (χ4n) is 0.400. The molecular weight excluding hydrogens is 202 g/mol. The molecule has 1 unspecified atom stereocenters. The van der Waals surface area contributed by atoms with Gasteiger partial charge in [0, 0.05) is 0 Å². The molecule has 0 bridgehead atoms. The minimum atomic E-state index is -0.00574. The summed E-state index contributed by atoms with van der Waals surface area (Å²) in [6.07, 6.45) is 0. The van der Waals surface area contributed by atoms with Crippen molar-refractivity contribution in [1.82, 2.24) is 10.2 Å². The first kappa shape index (κ1) is 7.11. The van der Waals surface area contributed by atoms with E-state index in [2.05, 4.69) is 26.1 Å². The van der Waals surface area contributed by atoms with E-state index in [0.29, 0.717) is 0 Å². The van der Waals surface area contributed by atoms with Gasteiger partial charge in [-0.3, -0.25) is 0 Å². The lowest BCUT2D eigenvalue weighted by molar-refractivity contribution is 0.785. The summed E-state index contributed by atoms with van der Waals surface area (Å²) in [5, 5.41) is 8.42. The molecule has 0 aromatic carbocycles. The highest BCUT2D eigenvalue weighted by molar-refractivity contribution is 9.11. The second-order valence-electron chi connectivity index (χ2n) is 1.68. The lowest BCUT2D eigenvalue weighted by Gasteiger charge is -1.93. The van der Waals surface area contributed by atoms with E-state index in [4.69, 9.17) is 5.73 Å². The molecule has 2 N–H and O–H groups in total. The Hall–Kier alpha value is -0.0000000000000000833. The molecule has 9 heavy (non-hydrogen) atoms. The zero-order valence-corrected chi connectivity index (χ0v) is 7.24. The number of nitrogens with zero attached hydrogens (tertiary/aromatic N) is 2. The summed E-state index contributed by atoms with van der Waals surface area (Å²) in [5.41, 5.74) is 5.51. The van der Waals surface area contributed by atoms with E-state index in [1.165, 1.54) is 11.3 Å².